The van der Waals surface area contributed by atoms with Gasteiger partial charge in [-0.15, -0.1) is 0 Å². The Morgan fingerprint density at radius 2 is 1.93 bits per heavy atom. The lowest BCUT2D eigenvalue weighted by molar-refractivity contribution is 1.41. The molecule has 2 rings (SSSR count). The van der Waals surface area contributed by atoms with Crippen molar-refractivity contribution in [2.45, 2.75) is 20.8 Å². The van der Waals surface area contributed by atoms with Gasteiger partial charge in [0.15, 0.2) is 0 Å². The number of nitrogens with zero attached hydrogens (tertiary/aromatic N) is 1. The van der Waals surface area contributed by atoms with Crippen LogP contribution < -0.4 is 0 Å². The summed E-state index contributed by atoms with van der Waals surface area (Å²) in [5.74, 6) is 0. The summed E-state index contributed by atoms with van der Waals surface area (Å²) in [5, 5.41) is 1.19. The minimum atomic E-state index is 1.05. The van der Waals surface area contributed by atoms with E-state index in [1.165, 1.54) is 10.9 Å². The molecule has 0 aliphatic rings. The minimum absolute atomic E-state index is 1.05. The second kappa shape index (κ2) is 5.97. The normalized spacial score (nSPS) is 10.1. The van der Waals surface area contributed by atoms with Crippen molar-refractivity contribution < 1.29 is 0 Å². The Kier molecular flexibility index (Phi) is 4.55. The van der Waals surface area contributed by atoms with Crippen molar-refractivity contribution in [3.05, 3.63) is 48.2 Å². The molecule has 2 aromatic rings. The predicted octanol–water partition coefficient (Wildman–Crippen LogP) is 4.29. The molecule has 0 aliphatic carbocycles. The van der Waals surface area contributed by atoms with Crippen LogP contribution in [0.5, 0.6) is 0 Å². The topological polar surface area (TPSA) is 12.9 Å². The number of aromatic nitrogens is 1. The van der Waals surface area contributed by atoms with Crippen molar-refractivity contribution >= 4 is 17.0 Å². The lowest BCUT2D eigenvalue weighted by Gasteiger charge is -1.97. The number of allylic oxidation sites excluding steroid dienone is 1. The summed E-state index contributed by atoms with van der Waals surface area (Å²) in [6.07, 6.45) is 5.95. The van der Waals surface area contributed by atoms with Crippen LogP contribution in [-0.2, 0) is 0 Å². The van der Waals surface area contributed by atoms with E-state index in [0.29, 0.717) is 0 Å². The van der Waals surface area contributed by atoms with Crippen molar-refractivity contribution in [3.8, 4) is 0 Å². The SMILES string of the molecule is C/C=C/c1ccc2ncccc2c1.CC. The van der Waals surface area contributed by atoms with E-state index >= 15 is 0 Å². The van der Waals surface area contributed by atoms with Crippen molar-refractivity contribution in [1.29, 1.82) is 0 Å². The third-order valence-electron chi connectivity index (χ3n) is 1.99. The summed E-state index contributed by atoms with van der Waals surface area (Å²) in [5.41, 5.74) is 2.28. The van der Waals surface area contributed by atoms with Gasteiger partial charge in [-0.1, -0.05) is 38.1 Å². The molecular weight excluding hydrogens is 182 g/mol. The molecule has 0 saturated heterocycles. The Hall–Kier alpha value is -1.63. The largest absolute Gasteiger partial charge is 0.256 e. The lowest BCUT2D eigenvalue weighted by Crippen LogP contribution is -1.78. The van der Waals surface area contributed by atoms with Gasteiger partial charge in [0.25, 0.3) is 0 Å². The van der Waals surface area contributed by atoms with Gasteiger partial charge in [-0.3, -0.25) is 4.98 Å². The van der Waals surface area contributed by atoms with E-state index in [9.17, 15) is 0 Å². The first-order valence-corrected chi connectivity index (χ1v) is 5.37. The quantitative estimate of drug-likeness (QED) is 0.667. The van der Waals surface area contributed by atoms with Crippen LogP contribution in [0.25, 0.3) is 17.0 Å². The first-order valence-electron chi connectivity index (χ1n) is 5.37. The number of hydrogen-bond acceptors (Lipinski definition) is 1. The number of benzene rings is 1. The van der Waals surface area contributed by atoms with Gasteiger partial charge >= 0.3 is 0 Å². The maximum atomic E-state index is 4.26. The lowest BCUT2D eigenvalue weighted by atomic mass is 10.1. The van der Waals surface area contributed by atoms with E-state index in [0.717, 1.165) is 5.52 Å². The average molecular weight is 199 g/mol. The van der Waals surface area contributed by atoms with E-state index in [-0.39, 0.29) is 0 Å². The molecule has 1 heterocycles. The molecule has 0 amide bonds. The van der Waals surface area contributed by atoms with E-state index in [4.69, 9.17) is 0 Å². The van der Waals surface area contributed by atoms with Crippen LogP contribution in [0.15, 0.2) is 42.6 Å². The summed E-state index contributed by atoms with van der Waals surface area (Å²) in [4.78, 5) is 4.26. The van der Waals surface area contributed by atoms with Crippen molar-refractivity contribution in [1.82, 2.24) is 4.98 Å². The van der Waals surface area contributed by atoms with Gasteiger partial charge in [0.2, 0.25) is 0 Å². The fraction of sp³-hybridized carbons (Fsp3) is 0.214. The Labute approximate surface area is 91.5 Å². The summed E-state index contributed by atoms with van der Waals surface area (Å²) < 4.78 is 0. The van der Waals surface area contributed by atoms with Crippen LogP contribution >= 0.6 is 0 Å². The van der Waals surface area contributed by atoms with Crippen LogP contribution in [0.3, 0.4) is 0 Å². The highest BCUT2D eigenvalue weighted by Gasteiger charge is 1.92. The van der Waals surface area contributed by atoms with Gasteiger partial charge in [-0.05, 0) is 30.7 Å². The Bertz CT molecular complexity index is 444. The molecule has 0 fully saturated rings. The van der Waals surface area contributed by atoms with E-state index in [1.807, 2.05) is 45.2 Å². The van der Waals surface area contributed by atoms with Crippen molar-refractivity contribution in [3.63, 3.8) is 0 Å². The average Bonchev–Trinajstić information content (AvgIpc) is 2.32. The summed E-state index contributed by atoms with van der Waals surface area (Å²) >= 11 is 0. The van der Waals surface area contributed by atoms with E-state index in [2.05, 4.69) is 29.3 Å². The zero-order valence-corrected chi connectivity index (χ0v) is 9.57. The third-order valence-corrected chi connectivity index (χ3v) is 1.99. The highest BCUT2D eigenvalue weighted by Crippen LogP contribution is 2.13. The van der Waals surface area contributed by atoms with Gasteiger partial charge in [-0.25, -0.2) is 0 Å². The van der Waals surface area contributed by atoms with Gasteiger partial charge < -0.3 is 0 Å². The molecule has 0 N–H and O–H groups in total. The minimum Gasteiger partial charge on any atom is -0.256 e. The molecule has 0 saturated carbocycles. The molecule has 0 unspecified atom stereocenters. The van der Waals surface area contributed by atoms with E-state index < -0.39 is 0 Å². The zero-order valence-electron chi connectivity index (χ0n) is 9.57. The zero-order chi connectivity index (χ0) is 11.1. The molecule has 0 radical (unpaired) electrons. The van der Waals surface area contributed by atoms with Gasteiger partial charge in [-0.2, -0.15) is 0 Å². The van der Waals surface area contributed by atoms with Gasteiger partial charge in [0, 0.05) is 11.6 Å². The smallest absolute Gasteiger partial charge is 0.0702 e. The Morgan fingerprint density at radius 1 is 1.13 bits per heavy atom. The van der Waals surface area contributed by atoms with Crippen LogP contribution in [0.2, 0.25) is 0 Å². The molecular formula is C14H17N. The molecule has 78 valence electrons. The molecule has 1 aromatic heterocycles. The molecule has 0 bridgehead atoms. The van der Waals surface area contributed by atoms with Crippen molar-refractivity contribution in [2.75, 3.05) is 0 Å². The maximum absolute atomic E-state index is 4.26. The van der Waals surface area contributed by atoms with E-state index in [1.54, 1.807) is 0 Å². The molecule has 1 heteroatoms. The first-order chi connectivity index (χ1) is 7.40. The molecule has 1 nitrogen and oxygen atoms in total. The highest BCUT2D eigenvalue weighted by molar-refractivity contribution is 5.80. The predicted molar refractivity (Wildman–Crippen MR) is 67.8 cm³/mol. The highest BCUT2D eigenvalue weighted by atomic mass is 14.6. The number of pyridine rings is 1. The summed E-state index contributed by atoms with van der Waals surface area (Å²) in [6, 6.07) is 10.3. The number of fused-ring (bicyclic) bond motifs is 1. The third kappa shape index (κ3) is 2.91. The second-order valence-electron chi connectivity index (χ2n) is 2.96. The maximum Gasteiger partial charge on any atom is 0.0702 e. The second-order valence-corrected chi connectivity index (χ2v) is 2.96. The summed E-state index contributed by atoms with van der Waals surface area (Å²) in [6.45, 7) is 6.02. The first kappa shape index (κ1) is 11.4. The Balaban J connectivity index is 0.000000531. The van der Waals surface area contributed by atoms with Crippen LogP contribution in [0.4, 0.5) is 0 Å². The van der Waals surface area contributed by atoms with Crippen LogP contribution in [0, 0.1) is 0 Å². The fourth-order valence-electron chi connectivity index (χ4n) is 1.39. The molecule has 1 aromatic carbocycles. The van der Waals surface area contributed by atoms with Crippen molar-refractivity contribution in [2.24, 2.45) is 0 Å². The Morgan fingerprint density at radius 3 is 2.67 bits per heavy atom. The fourth-order valence-corrected chi connectivity index (χ4v) is 1.39. The van der Waals surface area contributed by atoms with Gasteiger partial charge in [0.1, 0.15) is 0 Å². The van der Waals surface area contributed by atoms with Crippen LogP contribution in [0.1, 0.15) is 26.3 Å². The number of rotatable bonds is 1. The molecule has 0 atom stereocenters. The standard InChI is InChI=1S/C12H11N.C2H6/c1-2-4-10-6-7-12-11(9-10)5-3-8-13-12;1-2/h2-9H,1H3;1-2H3/b4-2+;. The van der Waals surface area contributed by atoms with Gasteiger partial charge in [0.05, 0.1) is 5.52 Å². The molecule has 0 spiro atoms. The molecule has 0 aliphatic heterocycles. The van der Waals surface area contributed by atoms with Crippen LogP contribution in [-0.4, -0.2) is 4.98 Å². The monoisotopic (exact) mass is 199 g/mol. The number of hydrogen-bond donors (Lipinski definition) is 0. The molecule has 15 heavy (non-hydrogen) atoms. The summed E-state index contributed by atoms with van der Waals surface area (Å²) in [7, 11) is 0.